The molecule has 0 spiro atoms. The minimum atomic E-state index is -1.04. The Morgan fingerprint density at radius 2 is 1.71 bits per heavy atom. The molecule has 2 unspecified atom stereocenters. The first-order chi connectivity index (χ1) is 10.1. The molecule has 1 amide bonds. The number of carbonyl (C=O) groups excluding carboxylic acids is 1. The van der Waals surface area contributed by atoms with Crippen LogP contribution in [0, 0.1) is 0 Å². The summed E-state index contributed by atoms with van der Waals surface area (Å²) in [7, 11) is 0. The normalized spacial score (nSPS) is 13.5. The minimum Gasteiger partial charge on any atom is -0.388 e. The number of rotatable bonds is 5. The van der Waals surface area contributed by atoms with Gasteiger partial charge in [0.2, 0.25) is 5.91 Å². The van der Waals surface area contributed by atoms with Crippen molar-refractivity contribution in [3.8, 4) is 11.1 Å². The lowest BCUT2D eigenvalue weighted by Crippen LogP contribution is -2.34. The molecule has 21 heavy (non-hydrogen) atoms. The van der Waals surface area contributed by atoms with E-state index < -0.39 is 12.2 Å². The van der Waals surface area contributed by atoms with Crippen LogP contribution in [0.15, 0.2) is 54.6 Å². The van der Waals surface area contributed by atoms with Crippen molar-refractivity contribution in [1.82, 2.24) is 5.32 Å². The molecule has 0 aromatic heterocycles. The van der Waals surface area contributed by atoms with Crippen molar-refractivity contribution in [2.45, 2.75) is 19.1 Å². The molecule has 0 radical (unpaired) electrons. The standard InChI is InChI=1S/C17H19NO3/c1-12(19)18-11-16(20)17(21)15-9-5-8-14(10-15)13-6-3-2-4-7-13/h2-10,16-17,20-21H,11H2,1H3,(H,18,19). The van der Waals surface area contributed by atoms with Crippen molar-refractivity contribution in [2.24, 2.45) is 0 Å². The van der Waals surface area contributed by atoms with E-state index in [9.17, 15) is 15.0 Å². The fourth-order valence-electron chi connectivity index (χ4n) is 2.11. The Morgan fingerprint density at radius 3 is 2.38 bits per heavy atom. The van der Waals surface area contributed by atoms with Gasteiger partial charge in [-0.2, -0.15) is 0 Å². The Morgan fingerprint density at radius 1 is 1.05 bits per heavy atom. The van der Waals surface area contributed by atoms with Crippen LogP contribution in [0.25, 0.3) is 11.1 Å². The minimum absolute atomic E-state index is 0.0199. The molecular weight excluding hydrogens is 266 g/mol. The second-order valence-electron chi connectivity index (χ2n) is 4.94. The Bertz CT molecular complexity index is 598. The third-order valence-corrected chi connectivity index (χ3v) is 3.26. The van der Waals surface area contributed by atoms with E-state index >= 15 is 0 Å². The summed E-state index contributed by atoms with van der Waals surface area (Å²) < 4.78 is 0. The number of aliphatic hydroxyl groups is 2. The first-order valence-electron chi connectivity index (χ1n) is 6.84. The lowest BCUT2D eigenvalue weighted by Gasteiger charge is -2.19. The molecule has 4 heteroatoms. The fraction of sp³-hybridized carbons (Fsp3) is 0.235. The van der Waals surface area contributed by atoms with Gasteiger partial charge in [0.15, 0.2) is 0 Å². The molecule has 0 aliphatic carbocycles. The van der Waals surface area contributed by atoms with E-state index in [4.69, 9.17) is 0 Å². The second-order valence-corrected chi connectivity index (χ2v) is 4.94. The SMILES string of the molecule is CC(=O)NCC(O)C(O)c1cccc(-c2ccccc2)c1. The number of benzene rings is 2. The molecule has 2 rings (SSSR count). The summed E-state index contributed by atoms with van der Waals surface area (Å²) in [5, 5.41) is 22.6. The van der Waals surface area contributed by atoms with Crippen LogP contribution in [0.4, 0.5) is 0 Å². The van der Waals surface area contributed by atoms with E-state index in [1.165, 1.54) is 6.92 Å². The summed E-state index contributed by atoms with van der Waals surface area (Å²) in [6, 6.07) is 17.2. The highest BCUT2D eigenvalue weighted by molar-refractivity contribution is 5.72. The number of carbonyl (C=O) groups is 1. The maximum absolute atomic E-state index is 10.8. The van der Waals surface area contributed by atoms with Gasteiger partial charge in [-0.15, -0.1) is 0 Å². The number of nitrogens with one attached hydrogen (secondary N) is 1. The molecule has 0 aliphatic rings. The third-order valence-electron chi connectivity index (χ3n) is 3.26. The number of hydrogen-bond donors (Lipinski definition) is 3. The van der Waals surface area contributed by atoms with Crippen LogP contribution in [0.1, 0.15) is 18.6 Å². The van der Waals surface area contributed by atoms with Gasteiger partial charge in [0.05, 0.1) is 0 Å². The summed E-state index contributed by atoms with van der Waals surface area (Å²) in [4.78, 5) is 10.8. The van der Waals surface area contributed by atoms with E-state index in [0.717, 1.165) is 11.1 Å². The van der Waals surface area contributed by atoms with Crippen molar-refractivity contribution >= 4 is 5.91 Å². The zero-order chi connectivity index (χ0) is 15.2. The Hall–Kier alpha value is -2.17. The van der Waals surface area contributed by atoms with Crippen molar-refractivity contribution in [2.75, 3.05) is 6.54 Å². The van der Waals surface area contributed by atoms with E-state index in [2.05, 4.69) is 5.32 Å². The molecule has 0 saturated carbocycles. The molecule has 0 heterocycles. The molecular formula is C17H19NO3. The van der Waals surface area contributed by atoms with Crippen molar-refractivity contribution < 1.29 is 15.0 Å². The van der Waals surface area contributed by atoms with Gasteiger partial charge in [-0.1, -0.05) is 48.5 Å². The predicted molar refractivity (Wildman–Crippen MR) is 81.5 cm³/mol. The highest BCUT2D eigenvalue weighted by Gasteiger charge is 2.18. The first-order valence-corrected chi connectivity index (χ1v) is 6.84. The number of hydrogen-bond acceptors (Lipinski definition) is 3. The summed E-state index contributed by atoms with van der Waals surface area (Å²) >= 11 is 0. The van der Waals surface area contributed by atoms with E-state index in [0.29, 0.717) is 5.56 Å². The van der Waals surface area contributed by atoms with Gasteiger partial charge in [-0.05, 0) is 22.8 Å². The molecule has 0 fully saturated rings. The van der Waals surface area contributed by atoms with Gasteiger partial charge >= 0.3 is 0 Å². The number of aliphatic hydroxyl groups excluding tert-OH is 2. The van der Waals surface area contributed by atoms with E-state index in [-0.39, 0.29) is 12.5 Å². The van der Waals surface area contributed by atoms with Gasteiger partial charge in [0, 0.05) is 13.5 Å². The number of amides is 1. The summed E-state index contributed by atoms with van der Waals surface area (Å²) in [5.41, 5.74) is 2.64. The molecule has 4 nitrogen and oxygen atoms in total. The molecule has 0 saturated heterocycles. The molecule has 2 atom stereocenters. The zero-order valence-corrected chi connectivity index (χ0v) is 11.9. The molecule has 3 N–H and O–H groups in total. The van der Waals surface area contributed by atoms with E-state index in [1.807, 2.05) is 48.5 Å². The van der Waals surface area contributed by atoms with Crippen molar-refractivity contribution in [3.05, 3.63) is 60.2 Å². The van der Waals surface area contributed by atoms with Crippen LogP contribution in [0.3, 0.4) is 0 Å². The highest BCUT2D eigenvalue weighted by Crippen LogP contribution is 2.24. The van der Waals surface area contributed by atoms with Crippen LogP contribution in [-0.2, 0) is 4.79 Å². The quantitative estimate of drug-likeness (QED) is 0.785. The summed E-state index contributed by atoms with van der Waals surface area (Å²) in [5.74, 6) is -0.237. The Balaban J connectivity index is 2.15. The average Bonchev–Trinajstić information content (AvgIpc) is 2.52. The van der Waals surface area contributed by atoms with E-state index in [1.54, 1.807) is 6.07 Å². The highest BCUT2D eigenvalue weighted by atomic mass is 16.3. The van der Waals surface area contributed by atoms with Crippen molar-refractivity contribution in [3.63, 3.8) is 0 Å². The van der Waals surface area contributed by atoms with Gasteiger partial charge in [-0.3, -0.25) is 4.79 Å². The lowest BCUT2D eigenvalue weighted by molar-refractivity contribution is -0.119. The molecule has 0 bridgehead atoms. The zero-order valence-electron chi connectivity index (χ0n) is 11.9. The largest absolute Gasteiger partial charge is 0.388 e. The van der Waals surface area contributed by atoms with Gasteiger partial charge in [-0.25, -0.2) is 0 Å². The monoisotopic (exact) mass is 285 g/mol. The Kier molecular flexibility index (Phi) is 5.09. The van der Waals surface area contributed by atoms with Gasteiger partial charge in [0.1, 0.15) is 12.2 Å². The predicted octanol–water partition coefficient (Wildman–Crippen LogP) is 1.88. The summed E-state index contributed by atoms with van der Waals surface area (Å²) in [6.07, 6.45) is -2.08. The van der Waals surface area contributed by atoms with Crippen LogP contribution in [0.2, 0.25) is 0 Å². The van der Waals surface area contributed by atoms with Crippen molar-refractivity contribution in [1.29, 1.82) is 0 Å². The lowest BCUT2D eigenvalue weighted by atomic mass is 9.98. The maximum atomic E-state index is 10.8. The molecule has 2 aromatic rings. The first kappa shape index (κ1) is 15.2. The summed E-state index contributed by atoms with van der Waals surface area (Å²) in [6.45, 7) is 1.39. The topological polar surface area (TPSA) is 69.6 Å². The fourth-order valence-corrected chi connectivity index (χ4v) is 2.11. The Labute approximate surface area is 124 Å². The second kappa shape index (κ2) is 7.02. The van der Waals surface area contributed by atoms with Gasteiger partial charge < -0.3 is 15.5 Å². The van der Waals surface area contributed by atoms with Crippen LogP contribution in [-0.4, -0.2) is 28.8 Å². The van der Waals surface area contributed by atoms with Crippen LogP contribution in [0.5, 0.6) is 0 Å². The average molecular weight is 285 g/mol. The molecule has 2 aromatic carbocycles. The maximum Gasteiger partial charge on any atom is 0.216 e. The van der Waals surface area contributed by atoms with Crippen LogP contribution < -0.4 is 5.32 Å². The third kappa shape index (κ3) is 4.15. The smallest absolute Gasteiger partial charge is 0.216 e. The molecule has 0 aliphatic heterocycles. The van der Waals surface area contributed by atoms with Crippen LogP contribution >= 0.6 is 0 Å². The van der Waals surface area contributed by atoms with Gasteiger partial charge in [0.25, 0.3) is 0 Å². The molecule has 110 valence electrons.